The van der Waals surface area contributed by atoms with Crippen LogP contribution < -0.4 is 10.2 Å². The van der Waals surface area contributed by atoms with Crippen molar-refractivity contribution in [3.8, 4) is 0 Å². The molecule has 9 heteroatoms. The van der Waals surface area contributed by atoms with Crippen molar-refractivity contribution >= 4 is 23.5 Å². The van der Waals surface area contributed by atoms with Gasteiger partial charge < -0.3 is 15.0 Å². The van der Waals surface area contributed by atoms with E-state index in [-0.39, 0.29) is 12.8 Å². The van der Waals surface area contributed by atoms with Gasteiger partial charge in [0.05, 0.1) is 0 Å². The molecule has 2 amide bonds. The maximum Gasteiger partial charge on any atom is 0.454 e. The first-order valence-corrected chi connectivity index (χ1v) is 8.31. The zero-order valence-electron chi connectivity index (χ0n) is 15.4. The summed E-state index contributed by atoms with van der Waals surface area (Å²) in [5.74, 6) is -2.36. The van der Waals surface area contributed by atoms with Gasteiger partial charge in [0.25, 0.3) is 5.78 Å². The number of benzene rings is 1. The molecule has 0 aromatic heterocycles. The Bertz CT molecular complexity index is 769. The SMILES string of the molecule is CN1C(=O)C(NC(=O)OC(C)(C)C)CCc2cc(C(=O)C(F)(F)F)ccc21. The van der Waals surface area contributed by atoms with Crippen molar-refractivity contribution in [2.75, 3.05) is 11.9 Å². The highest BCUT2D eigenvalue weighted by molar-refractivity contribution is 6.03. The third-order valence-corrected chi connectivity index (χ3v) is 3.98. The maximum absolute atomic E-state index is 12.7. The summed E-state index contributed by atoms with van der Waals surface area (Å²) in [7, 11) is 1.46. The molecule has 1 unspecified atom stereocenters. The van der Waals surface area contributed by atoms with Crippen molar-refractivity contribution in [1.29, 1.82) is 0 Å². The average Bonchev–Trinajstić information content (AvgIpc) is 2.63. The lowest BCUT2D eigenvalue weighted by Crippen LogP contribution is -2.48. The second-order valence-electron chi connectivity index (χ2n) is 7.31. The van der Waals surface area contributed by atoms with Crippen LogP contribution in [-0.4, -0.2) is 42.7 Å². The van der Waals surface area contributed by atoms with Crippen LogP contribution in [0, 0.1) is 0 Å². The number of carbonyl (C=O) groups is 3. The second kappa shape index (κ2) is 7.21. The number of nitrogens with zero attached hydrogens (tertiary/aromatic N) is 1. The molecule has 1 aromatic rings. The monoisotopic (exact) mass is 386 g/mol. The number of likely N-dealkylation sites (N-methyl/N-ethyl adjacent to an activating group) is 1. The number of carbonyl (C=O) groups excluding carboxylic acids is 3. The molecule has 1 aliphatic heterocycles. The van der Waals surface area contributed by atoms with Crippen molar-refractivity contribution in [2.24, 2.45) is 0 Å². The fourth-order valence-electron chi connectivity index (χ4n) is 2.78. The number of nitrogens with one attached hydrogen (secondary N) is 1. The van der Waals surface area contributed by atoms with Crippen molar-refractivity contribution in [1.82, 2.24) is 5.32 Å². The predicted octanol–water partition coefficient (Wildman–Crippen LogP) is 3.23. The summed E-state index contributed by atoms with van der Waals surface area (Å²) in [5, 5.41) is 2.49. The predicted molar refractivity (Wildman–Crippen MR) is 91.7 cm³/mol. The van der Waals surface area contributed by atoms with E-state index in [4.69, 9.17) is 4.74 Å². The summed E-state index contributed by atoms with van der Waals surface area (Å²) < 4.78 is 43.1. The number of alkyl halides is 3. The van der Waals surface area contributed by atoms with E-state index in [9.17, 15) is 27.6 Å². The Kier molecular flexibility index (Phi) is 5.53. The third kappa shape index (κ3) is 4.99. The molecular formula is C18H21F3N2O4. The number of hydrogen-bond donors (Lipinski definition) is 1. The highest BCUT2D eigenvalue weighted by Crippen LogP contribution is 2.30. The fraction of sp³-hybridized carbons (Fsp3) is 0.500. The Hall–Kier alpha value is -2.58. The standard InChI is InChI=1S/C18H21F3N2O4/c1-17(2,3)27-16(26)22-12-7-5-10-9-11(14(24)18(19,20)21)6-8-13(10)23(4)15(12)25/h6,8-9,12H,5,7H2,1-4H3,(H,22,26). The van der Waals surface area contributed by atoms with Crippen molar-refractivity contribution in [2.45, 2.75) is 51.4 Å². The first-order valence-electron chi connectivity index (χ1n) is 8.31. The summed E-state index contributed by atoms with van der Waals surface area (Å²) in [4.78, 5) is 37.2. The van der Waals surface area contributed by atoms with E-state index in [0.29, 0.717) is 11.3 Å². The minimum atomic E-state index is -4.97. The highest BCUT2D eigenvalue weighted by atomic mass is 19.4. The van der Waals surface area contributed by atoms with E-state index in [1.807, 2.05) is 0 Å². The summed E-state index contributed by atoms with van der Waals surface area (Å²) in [6.45, 7) is 5.05. The normalized spacial score (nSPS) is 17.8. The van der Waals surface area contributed by atoms with Crippen LogP contribution in [0.4, 0.5) is 23.7 Å². The van der Waals surface area contributed by atoms with E-state index in [2.05, 4.69) is 5.32 Å². The number of anilines is 1. The summed E-state index contributed by atoms with van der Waals surface area (Å²) >= 11 is 0. The molecule has 0 radical (unpaired) electrons. The van der Waals surface area contributed by atoms with Gasteiger partial charge in [0.15, 0.2) is 0 Å². The molecule has 0 saturated carbocycles. The number of ether oxygens (including phenoxy) is 1. The minimum Gasteiger partial charge on any atom is -0.444 e. The molecule has 1 heterocycles. The maximum atomic E-state index is 12.7. The van der Waals surface area contributed by atoms with E-state index in [1.165, 1.54) is 18.0 Å². The van der Waals surface area contributed by atoms with Crippen molar-refractivity contribution < 1.29 is 32.3 Å². The van der Waals surface area contributed by atoms with Crippen LogP contribution in [0.15, 0.2) is 18.2 Å². The number of halogens is 3. The number of alkyl carbamates (subject to hydrolysis) is 1. The average molecular weight is 386 g/mol. The van der Waals surface area contributed by atoms with Gasteiger partial charge in [-0.1, -0.05) is 0 Å². The van der Waals surface area contributed by atoms with Gasteiger partial charge >= 0.3 is 12.3 Å². The van der Waals surface area contributed by atoms with Crippen molar-refractivity contribution in [3.63, 3.8) is 0 Å². The molecule has 0 aliphatic carbocycles. The van der Waals surface area contributed by atoms with Crippen LogP contribution in [0.3, 0.4) is 0 Å². The van der Waals surface area contributed by atoms with Gasteiger partial charge in [0.1, 0.15) is 11.6 Å². The number of hydrogen-bond acceptors (Lipinski definition) is 4. The lowest BCUT2D eigenvalue weighted by Gasteiger charge is -2.24. The van der Waals surface area contributed by atoms with Gasteiger partial charge in [-0.25, -0.2) is 4.79 Å². The van der Waals surface area contributed by atoms with E-state index in [1.54, 1.807) is 20.8 Å². The van der Waals surface area contributed by atoms with E-state index >= 15 is 0 Å². The first-order chi connectivity index (χ1) is 12.3. The van der Waals surface area contributed by atoms with Crippen LogP contribution in [0.5, 0.6) is 0 Å². The summed E-state index contributed by atoms with van der Waals surface area (Å²) in [6.07, 6.45) is -5.35. The van der Waals surface area contributed by atoms with Gasteiger partial charge in [-0.2, -0.15) is 13.2 Å². The number of fused-ring (bicyclic) bond motifs is 1. The molecule has 1 N–H and O–H groups in total. The van der Waals surface area contributed by atoms with Gasteiger partial charge in [-0.05, 0) is 57.4 Å². The molecule has 2 rings (SSSR count). The molecule has 27 heavy (non-hydrogen) atoms. The Morgan fingerprint density at radius 1 is 1.22 bits per heavy atom. The lowest BCUT2D eigenvalue weighted by molar-refractivity contribution is -0.120. The zero-order valence-corrected chi connectivity index (χ0v) is 15.4. The van der Waals surface area contributed by atoms with Crippen LogP contribution >= 0.6 is 0 Å². The molecular weight excluding hydrogens is 365 g/mol. The highest BCUT2D eigenvalue weighted by Gasteiger charge is 2.40. The van der Waals surface area contributed by atoms with Crippen LogP contribution in [0.2, 0.25) is 0 Å². The lowest BCUT2D eigenvalue weighted by atomic mass is 10.0. The Labute approximate surface area is 154 Å². The number of ketones is 1. The molecule has 148 valence electrons. The van der Waals surface area contributed by atoms with Gasteiger partial charge in [-0.15, -0.1) is 0 Å². The Balaban J connectivity index is 2.23. The van der Waals surface area contributed by atoms with Crippen LogP contribution in [0.1, 0.15) is 43.1 Å². The van der Waals surface area contributed by atoms with Crippen molar-refractivity contribution in [3.05, 3.63) is 29.3 Å². The fourth-order valence-corrected chi connectivity index (χ4v) is 2.78. The largest absolute Gasteiger partial charge is 0.454 e. The quantitative estimate of drug-likeness (QED) is 0.792. The number of Topliss-reactive ketones (excluding diaryl/α,β-unsaturated/α-hetero) is 1. The Morgan fingerprint density at radius 2 is 1.85 bits per heavy atom. The molecule has 0 bridgehead atoms. The Morgan fingerprint density at radius 3 is 2.41 bits per heavy atom. The van der Waals surface area contributed by atoms with Gasteiger partial charge in [0, 0.05) is 18.3 Å². The molecule has 6 nitrogen and oxygen atoms in total. The number of aryl methyl sites for hydroxylation is 1. The molecule has 1 aliphatic rings. The van der Waals surface area contributed by atoms with Crippen LogP contribution in [0.25, 0.3) is 0 Å². The van der Waals surface area contributed by atoms with E-state index < -0.39 is 41.2 Å². The molecule has 1 atom stereocenters. The second-order valence-corrected chi connectivity index (χ2v) is 7.31. The van der Waals surface area contributed by atoms with E-state index in [0.717, 1.165) is 12.1 Å². The number of amides is 2. The zero-order chi connectivity index (χ0) is 20.6. The van der Waals surface area contributed by atoms with Crippen LogP contribution in [-0.2, 0) is 16.0 Å². The number of rotatable bonds is 2. The van der Waals surface area contributed by atoms with Gasteiger partial charge in [0.2, 0.25) is 5.91 Å². The smallest absolute Gasteiger partial charge is 0.444 e. The molecule has 0 fully saturated rings. The molecule has 0 saturated heterocycles. The summed E-state index contributed by atoms with van der Waals surface area (Å²) in [6, 6.07) is 2.60. The van der Waals surface area contributed by atoms with Gasteiger partial charge in [-0.3, -0.25) is 9.59 Å². The third-order valence-electron chi connectivity index (χ3n) is 3.98. The minimum absolute atomic E-state index is 0.166. The summed E-state index contributed by atoms with van der Waals surface area (Å²) in [5.41, 5.74) is -0.401. The topological polar surface area (TPSA) is 75.7 Å². The molecule has 1 aromatic carbocycles. The molecule has 0 spiro atoms. The first kappa shape index (κ1) is 20.7.